The van der Waals surface area contributed by atoms with Gasteiger partial charge in [0.25, 0.3) is 0 Å². The maximum absolute atomic E-state index is 6.04. The van der Waals surface area contributed by atoms with Gasteiger partial charge in [-0.25, -0.2) is 0 Å². The second-order valence-corrected chi connectivity index (χ2v) is 6.19. The van der Waals surface area contributed by atoms with Crippen molar-refractivity contribution in [1.82, 2.24) is 4.90 Å². The van der Waals surface area contributed by atoms with Gasteiger partial charge in [0, 0.05) is 23.9 Å². The predicted octanol–water partition coefficient (Wildman–Crippen LogP) is 2.14. The van der Waals surface area contributed by atoms with E-state index in [4.69, 9.17) is 15.2 Å². The van der Waals surface area contributed by atoms with Crippen LogP contribution in [-0.2, 0) is 0 Å². The van der Waals surface area contributed by atoms with Gasteiger partial charge >= 0.3 is 0 Å². The van der Waals surface area contributed by atoms with Gasteiger partial charge in [0.05, 0.1) is 20.3 Å². The van der Waals surface area contributed by atoms with Gasteiger partial charge in [-0.05, 0) is 37.4 Å². The highest BCUT2D eigenvalue weighted by Gasteiger charge is 2.28. The highest BCUT2D eigenvalue weighted by molar-refractivity contribution is 7.99. The highest BCUT2D eigenvalue weighted by Crippen LogP contribution is 2.34. The maximum Gasteiger partial charge on any atom is 0.123 e. The molecule has 20 heavy (non-hydrogen) atoms. The van der Waals surface area contributed by atoms with Gasteiger partial charge in [-0.1, -0.05) is 0 Å². The topological polar surface area (TPSA) is 47.7 Å². The molecule has 4 nitrogen and oxygen atoms in total. The van der Waals surface area contributed by atoms with Crippen LogP contribution in [0.5, 0.6) is 11.5 Å². The van der Waals surface area contributed by atoms with Crippen molar-refractivity contribution in [3.8, 4) is 11.5 Å². The van der Waals surface area contributed by atoms with E-state index < -0.39 is 0 Å². The van der Waals surface area contributed by atoms with E-state index in [9.17, 15) is 0 Å². The predicted molar refractivity (Wildman–Crippen MR) is 84.8 cm³/mol. The molecule has 112 valence electrons. The molecule has 2 N–H and O–H groups in total. The maximum atomic E-state index is 6.04. The zero-order valence-electron chi connectivity index (χ0n) is 12.5. The minimum absolute atomic E-state index is 0.156. The van der Waals surface area contributed by atoms with E-state index in [1.165, 1.54) is 17.9 Å². The van der Waals surface area contributed by atoms with Crippen LogP contribution in [-0.4, -0.2) is 50.3 Å². The molecule has 1 fully saturated rings. The summed E-state index contributed by atoms with van der Waals surface area (Å²) in [4.78, 5) is 2.39. The summed E-state index contributed by atoms with van der Waals surface area (Å²) in [6.07, 6.45) is 1.23. The van der Waals surface area contributed by atoms with Gasteiger partial charge in [0.1, 0.15) is 11.5 Å². The Morgan fingerprint density at radius 1 is 1.40 bits per heavy atom. The van der Waals surface area contributed by atoms with E-state index in [0.717, 1.165) is 17.1 Å². The summed E-state index contributed by atoms with van der Waals surface area (Å²) < 4.78 is 10.8. The van der Waals surface area contributed by atoms with E-state index in [0.29, 0.717) is 12.6 Å². The molecular weight excluding hydrogens is 272 g/mol. The monoisotopic (exact) mass is 296 g/mol. The Balaban J connectivity index is 2.29. The highest BCUT2D eigenvalue weighted by atomic mass is 32.2. The summed E-state index contributed by atoms with van der Waals surface area (Å²) >= 11 is 2.01. The van der Waals surface area contributed by atoms with Gasteiger partial charge in [-0.15, -0.1) is 0 Å². The first-order valence-corrected chi connectivity index (χ1v) is 8.08. The number of nitrogens with zero attached hydrogens (tertiary/aromatic N) is 1. The standard InChI is InChI=1S/C15H24N2O2S/c1-17(11-6-7-20-10-11)14(9-16)13-8-12(18-2)4-5-15(13)19-3/h4-5,8,11,14H,6-7,9-10,16H2,1-3H3. The van der Waals surface area contributed by atoms with E-state index >= 15 is 0 Å². The van der Waals surface area contributed by atoms with Crippen LogP contribution in [0.15, 0.2) is 18.2 Å². The van der Waals surface area contributed by atoms with Crippen molar-refractivity contribution < 1.29 is 9.47 Å². The second-order valence-electron chi connectivity index (χ2n) is 5.04. The molecule has 2 unspecified atom stereocenters. The first-order valence-electron chi connectivity index (χ1n) is 6.93. The molecule has 1 aliphatic rings. The van der Waals surface area contributed by atoms with Gasteiger partial charge in [-0.3, -0.25) is 4.90 Å². The zero-order chi connectivity index (χ0) is 14.5. The number of ether oxygens (including phenoxy) is 2. The van der Waals surface area contributed by atoms with Crippen LogP contribution in [0.3, 0.4) is 0 Å². The number of likely N-dealkylation sites (N-methyl/N-ethyl adjacent to an activating group) is 1. The molecule has 0 aliphatic carbocycles. The largest absolute Gasteiger partial charge is 0.497 e. The molecular formula is C15H24N2O2S. The Bertz CT molecular complexity index is 436. The number of methoxy groups -OCH3 is 2. The van der Waals surface area contributed by atoms with Crippen LogP contribution in [0, 0.1) is 0 Å². The Kier molecular flexibility index (Phi) is 5.57. The van der Waals surface area contributed by atoms with E-state index in [2.05, 4.69) is 11.9 Å². The lowest BCUT2D eigenvalue weighted by atomic mass is 10.0. The molecule has 0 aromatic heterocycles. The molecule has 2 rings (SSSR count). The first-order chi connectivity index (χ1) is 9.71. The minimum Gasteiger partial charge on any atom is -0.497 e. The Hall–Kier alpha value is -0.910. The summed E-state index contributed by atoms with van der Waals surface area (Å²) in [5.41, 5.74) is 7.15. The summed E-state index contributed by atoms with van der Waals surface area (Å²) in [6, 6.07) is 6.65. The lowest BCUT2D eigenvalue weighted by molar-refractivity contribution is 0.189. The van der Waals surface area contributed by atoms with Gasteiger partial charge in [0.2, 0.25) is 0 Å². The molecule has 1 aliphatic heterocycles. The van der Waals surface area contributed by atoms with Crippen molar-refractivity contribution in [2.45, 2.75) is 18.5 Å². The summed E-state index contributed by atoms with van der Waals surface area (Å²) in [5.74, 6) is 4.13. The van der Waals surface area contributed by atoms with E-state index in [-0.39, 0.29) is 6.04 Å². The zero-order valence-corrected chi connectivity index (χ0v) is 13.3. The van der Waals surface area contributed by atoms with Crippen molar-refractivity contribution in [3.63, 3.8) is 0 Å². The third kappa shape index (κ3) is 3.22. The first kappa shape index (κ1) is 15.5. The Morgan fingerprint density at radius 3 is 2.75 bits per heavy atom. The molecule has 1 aromatic carbocycles. The molecule has 5 heteroatoms. The number of nitrogens with two attached hydrogens (primary N) is 1. The van der Waals surface area contributed by atoms with Crippen molar-refractivity contribution in [1.29, 1.82) is 0 Å². The van der Waals surface area contributed by atoms with Crippen LogP contribution < -0.4 is 15.2 Å². The molecule has 0 amide bonds. The lowest BCUT2D eigenvalue weighted by Crippen LogP contribution is -2.38. The van der Waals surface area contributed by atoms with E-state index in [1.807, 2.05) is 30.0 Å². The number of hydrogen-bond acceptors (Lipinski definition) is 5. The number of benzene rings is 1. The van der Waals surface area contributed by atoms with E-state index in [1.54, 1.807) is 14.2 Å². The summed E-state index contributed by atoms with van der Waals surface area (Å²) in [7, 11) is 5.54. The third-order valence-electron chi connectivity index (χ3n) is 3.99. The number of hydrogen-bond donors (Lipinski definition) is 1. The third-order valence-corrected chi connectivity index (χ3v) is 5.14. The van der Waals surface area contributed by atoms with Gasteiger partial charge in [-0.2, -0.15) is 11.8 Å². The fourth-order valence-corrected chi connectivity index (χ4v) is 3.99. The van der Waals surface area contributed by atoms with Crippen LogP contribution >= 0.6 is 11.8 Å². The minimum atomic E-state index is 0.156. The number of rotatable bonds is 6. The van der Waals surface area contributed by atoms with Crippen LogP contribution in [0.25, 0.3) is 0 Å². The Morgan fingerprint density at radius 2 is 2.20 bits per heavy atom. The lowest BCUT2D eigenvalue weighted by Gasteiger charge is -2.33. The Labute approximate surface area is 125 Å². The van der Waals surface area contributed by atoms with Crippen molar-refractivity contribution in [2.75, 3.05) is 39.3 Å². The van der Waals surface area contributed by atoms with Crippen LogP contribution in [0.2, 0.25) is 0 Å². The number of thioether (sulfide) groups is 1. The van der Waals surface area contributed by atoms with Gasteiger partial charge < -0.3 is 15.2 Å². The molecule has 0 spiro atoms. The molecule has 2 atom stereocenters. The normalized spacial score (nSPS) is 20.1. The van der Waals surface area contributed by atoms with Crippen molar-refractivity contribution in [2.24, 2.45) is 5.73 Å². The molecule has 0 radical (unpaired) electrons. The summed E-state index contributed by atoms with van der Waals surface area (Å²) in [5, 5.41) is 0. The van der Waals surface area contributed by atoms with Crippen molar-refractivity contribution >= 4 is 11.8 Å². The van der Waals surface area contributed by atoms with Crippen LogP contribution in [0.4, 0.5) is 0 Å². The molecule has 0 bridgehead atoms. The molecule has 1 aromatic rings. The summed E-state index contributed by atoms with van der Waals surface area (Å²) in [6.45, 7) is 0.571. The quantitative estimate of drug-likeness (QED) is 0.871. The fourth-order valence-electron chi connectivity index (χ4n) is 2.71. The van der Waals surface area contributed by atoms with Crippen molar-refractivity contribution in [3.05, 3.63) is 23.8 Å². The smallest absolute Gasteiger partial charge is 0.123 e. The average Bonchev–Trinajstić information content (AvgIpc) is 3.02. The molecule has 1 saturated heterocycles. The SMILES string of the molecule is COc1ccc(OC)c(C(CN)N(C)C2CCSC2)c1. The van der Waals surface area contributed by atoms with Gasteiger partial charge in [0.15, 0.2) is 0 Å². The molecule has 1 heterocycles. The fraction of sp³-hybridized carbons (Fsp3) is 0.600. The average molecular weight is 296 g/mol. The molecule has 0 saturated carbocycles. The second kappa shape index (κ2) is 7.20. The van der Waals surface area contributed by atoms with Crippen LogP contribution in [0.1, 0.15) is 18.0 Å².